The van der Waals surface area contributed by atoms with Crippen molar-refractivity contribution in [3.8, 4) is 0 Å². The van der Waals surface area contributed by atoms with Crippen molar-refractivity contribution in [3.05, 3.63) is 28.2 Å². The van der Waals surface area contributed by atoms with Crippen LogP contribution in [-0.4, -0.2) is 17.3 Å². The molecule has 0 aromatic heterocycles. The number of benzene rings is 1. The Bertz CT molecular complexity index is 338. The van der Waals surface area contributed by atoms with Crippen molar-refractivity contribution in [2.24, 2.45) is 0 Å². The highest BCUT2D eigenvalue weighted by atomic mass is 79.9. The highest BCUT2D eigenvalue weighted by Crippen LogP contribution is 2.33. The molecule has 1 aliphatic heterocycles. The first-order chi connectivity index (χ1) is 6.66. The van der Waals surface area contributed by atoms with Crippen molar-refractivity contribution in [1.82, 2.24) is 0 Å². The van der Waals surface area contributed by atoms with Gasteiger partial charge in [-0.25, -0.2) is 0 Å². The summed E-state index contributed by atoms with van der Waals surface area (Å²) in [5.41, 5.74) is 2.53. The highest BCUT2D eigenvalue weighted by molar-refractivity contribution is 9.10. The molecule has 76 valence electrons. The molecule has 2 rings (SSSR count). The van der Waals surface area contributed by atoms with Crippen molar-refractivity contribution in [2.45, 2.75) is 31.9 Å². The van der Waals surface area contributed by atoms with Crippen LogP contribution in [0.3, 0.4) is 0 Å². The SMILES string of the molecule is CC(O)CC1Cc2c(Br)cccc2N1. The van der Waals surface area contributed by atoms with Crippen molar-refractivity contribution in [3.63, 3.8) is 0 Å². The molecule has 2 atom stereocenters. The van der Waals surface area contributed by atoms with Crippen LogP contribution in [-0.2, 0) is 6.42 Å². The summed E-state index contributed by atoms with van der Waals surface area (Å²) < 4.78 is 1.16. The Morgan fingerprint density at radius 1 is 1.64 bits per heavy atom. The first kappa shape index (κ1) is 9.99. The van der Waals surface area contributed by atoms with Crippen molar-refractivity contribution < 1.29 is 5.11 Å². The van der Waals surface area contributed by atoms with Crippen LogP contribution < -0.4 is 5.32 Å². The summed E-state index contributed by atoms with van der Waals surface area (Å²) in [5.74, 6) is 0. The number of anilines is 1. The van der Waals surface area contributed by atoms with Gasteiger partial charge < -0.3 is 10.4 Å². The molecule has 3 heteroatoms. The molecule has 14 heavy (non-hydrogen) atoms. The van der Waals surface area contributed by atoms with E-state index in [1.165, 1.54) is 11.3 Å². The minimum Gasteiger partial charge on any atom is -0.393 e. The van der Waals surface area contributed by atoms with Gasteiger partial charge >= 0.3 is 0 Å². The predicted octanol–water partition coefficient (Wildman–Crippen LogP) is 2.56. The fourth-order valence-electron chi connectivity index (χ4n) is 1.97. The molecule has 0 fully saturated rings. The fourth-order valence-corrected chi connectivity index (χ4v) is 2.50. The van der Waals surface area contributed by atoms with E-state index in [0.29, 0.717) is 6.04 Å². The van der Waals surface area contributed by atoms with E-state index in [1.54, 1.807) is 0 Å². The van der Waals surface area contributed by atoms with Gasteiger partial charge in [-0.2, -0.15) is 0 Å². The van der Waals surface area contributed by atoms with Crippen molar-refractivity contribution >= 4 is 21.6 Å². The molecule has 0 aliphatic carbocycles. The number of hydrogen-bond donors (Lipinski definition) is 2. The number of nitrogens with one attached hydrogen (secondary N) is 1. The van der Waals surface area contributed by atoms with E-state index in [0.717, 1.165) is 17.3 Å². The summed E-state index contributed by atoms with van der Waals surface area (Å²) in [6.45, 7) is 1.83. The maximum absolute atomic E-state index is 9.31. The molecule has 2 N–H and O–H groups in total. The van der Waals surface area contributed by atoms with Crippen LogP contribution in [0.5, 0.6) is 0 Å². The van der Waals surface area contributed by atoms with E-state index in [4.69, 9.17) is 0 Å². The molecular formula is C11H14BrNO. The van der Waals surface area contributed by atoms with Crippen LogP contribution in [0.2, 0.25) is 0 Å². The molecule has 0 saturated carbocycles. The zero-order chi connectivity index (χ0) is 10.1. The fraction of sp³-hybridized carbons (Fsp3) is 0.455. The molecule has 2 nitrogen and oxygen atoms in total. The van der Waals surface area contributed by atoms with Gasteiger partial charge in [-0.1, -0.05) is 22.0 Å². The smallest absolute Gasteiger partial charge is 0.0531 e. The lowest BCUT2D eigenvalue weighted by atomic mass is 10.1. The number of halogens is 1. The summed E-state index contributed by atoms with van der Waals surface area (Å²) in [4.78, 5) is 0. The number of fused-ring (bicyclic) bond motifs is 1. The van der Waals surface area contributed by atoms with Crippen LogP contribution in [0.25, 0.3) is 0 Å². The number of rotatable bonds is 2. The van der Waals surface area contributed by atoms with Crippen LogP contribution >= 0.6 is 15.9 Å². The highest BCUT2D eigenvalue weighted by Gasteiger charge is 2.22. The third-order valence-electron chi connectivity index (χ3n) is 2.55. The number of aliphatic hydroxyl groups is 1. The van der Waals surface area contributed by atoms with Gasteiger partial charge in [-0.15, -0.1) is 0 Å². The molecule has 0 spiro atoms. The van der Waals surface area contributed by atoms with Crippen LogP contribution in [0, 0.1) is 0 Å². The van der Waals surface area contributed by atoms with E-state index in [1.807, 2.05) is 13.0 Å². The maximum Gasteiger partial charge on any atom is 0.0531 e. The Morgan fingerprint density at radius 3 is 3.07 bits per heavy atom. The third-order valence-corrected chi connectivity index (χ3v) is 3.30. The number of aliphatic hydroxyl groups excluding tert-OH is 1. The van der Waals surface area contributed by atoms with Gasteiger partial charge in [0.25, 0.3) is 0 Å². The largest absolute Gasteiger partial charge is 0.393 e. The topological polar surface area (TPSA) is 32.3 Å². The van der Waals surface area contributed by atoms with Gasteiger partial charge in [-0.05, 0) is 37.5 Å². The second-order valence-corrected chi connectivity index (χ2v) is 4.75. The van der Waals surface area contributed by atoms with Crippen LogP contribution in [0.4, 0.5) is 5.69 Å². The average molecular weight is 256 g/mol. The Hall–Kier alpha value is -0.540. The van der Waals surface area contributed by atoms with Crippen LogP contribution in [0.15, 0.2) is 22.7 Å². The molecular weight excluding hydrogens is 242 g/mol. The zero-order valence-electron chi connectivity index (χ0n) is 8.13. The van der Waals surface area contributed by atoms with E-state index < -0.39 is 0 Å². The van der Waals surface area contributed by atoms with E-state index in [-0.39, 0.29) is 6.10 Å². The first-order valence-corrected chi connectivity index (χ1v) is 5.68. The second kappa shape index (κ2) is 3.91. The van der Waals surface area contributed by atoms with Crippen LogP contribution in [0.1, 0.15) is 18.9 Å². The van der Waals surface area contributed by atoms with Crippen molar-refractivity contribution in [1.29, 1.82) is 0 Å². The van der Waals surface area contributed by atoms with Gasteiger partial charge in [0.05, 0.1) is 6.10 Å². The third kappa shape index (κ3) is 1.93. The summed E-state index contributed by atoms with van der Waals surface area (Å²) in [5, 5.41) is 12.7. The molecule has 0 radical (unpaired) electrons. The van der Waals surface area contributed by atoms with E-state index in [9.17, 15) is 5.11 Å². The molecule has 0 bridgehead atoms. The molecule has 1 aliphatic rings. The van der Waals surface area contributed by atoms with Gasteiger partial charge in [-0.3, -0.25) is 0 Å². The zero-order valence-corrected chi connectivity index (χ0v) is 9.71. The molecule has 2 unspecified atom stereocenters. The number of hydrogen-bond acceptors (Lipinski definition) is 2. The lowest BCUT2D eigenvalue weighted by Crippen LogP contribution is -2.20. The minimum absolute atomic E-state index is 0.236. The standard InChI is InChI=1S/C11H14BrNO/c1-7(14)5-8-6-9-10(12)3-2-4-11(9)13-8/h2-4,7-8,13-14H,5-6H2,1H3. The maximum atomic E-state index is 9.31. The van der Waals surface area contributed by atoms with E-state index >= 15 is 0 Å². The molecule has 1 aromatic rings. The van der Waals surface area contributed by atoms with Gasteiger partial charge in [0.15, 0.2) is 0 Å². The van der Waals surface area contributed by atoms with Gasteiger partial charge in [0.1, 0.15) is 0 Å². The van der Waals surface area contributed by atoms with Gasteiger partial charge in [0, 0.05) is 16.2 Å². The summed E-state index contributed by atoms with van der Waals surface area (Å²) >= 11 is 3.54. The monoisotopic (exact) mass is 255 g/mol. The lowest BCUT2D eigenvalue weighted by Gasteiger charge is -2.12. The summed E-state index contributed by atoms with van der Waals surface area (Å²) in [6.07, 6.45) is 1.57. The molecule has 1 aromatic carbocycles. The minimum atomic E-state index is -0.236. The Kier molecular flexibility index (Phi) is 2.79. The summed E-state index contributed by atoms with van der Waals surface area (Å²) in [7, 11) is 0. The summed E-state index contributed by atoms with van der Waals surface area (Å²) in [6, 6.07) is 6.55. The Labute approximate surface area is 92.5 Å². The first-order valence-electron chi connectivity index (χ1n) is 4.89. The quantitative estimate of drug-likeness (QED) is 0.852. The van der Waals surface area contributed by atoms with E-state index in [2.05, 4.69) is 33.4 Å². The van der Waals surface area contributed by atoms with Crippen molar-refractivity contribution in [2.75, 3.05) is 5.32 Å². The normalized spacial score (nSPS) is 21.5. The molecule has 0 amide bonds. The Balaban J connectivity index is 2.14. The predicted molar refractivity (Wildman–Crippen MR) is 61.6 cm³/mol. The molecule has 1 heterocycles. The lowest BCUT2D eigenvalue weighted by molar-refractivity contribution is 0.178. The second-order valence-electron chi connectivity index (χ2n) is 3.90. The van der Waals surface area contributed by atoms with Gasteiger partial charge in [0.2, 0.25) is 0 Å². The molecule has 0 saturated heterocycles. The average Bonchev–Trinajstić information content (AvgIpc) is 2.47. The Morgan fingerprint density at radius 2 is 2.43 bits per heavy atom.